The minimum absolute atomic E-state index is 0.264. The molecule has 4 nitrogen and oxygen atoms in total. The van der Waals surface area contributed by atoms with Gasteiger partial charge in [-0.25, -0.2) is 4.79 Å². The van der Waals surface area contributed by atoms with E-state index in [-0.39, 0.29) is 12.6 Å². The quantitative estimate of drug-likeness (QED) is 0.481. The van der Waals surface area contributed by atoms with Crippen LogP contribution in [0.4, 0.5) is 0 Å². The predicted molar refractivity (Wildman–Crippen MR) is 51.6 cm³/mol. The van der Waals surface area contributed by atoms with Gasteiger partial charge in [0.15, 0.2) is 0 Å². The van der Waals surface area contributed by atoms with Crippen molar-refractivity contribution in [2.75, 3.05) is 0 Å². The molecule has 15 heavy (non-hydrogen) atoms. The summed E-state index contributed by atoms with van der Waals surface area (Å²) in [6, 6.07) is 5.01. The lowest BCUT2D eigenvalue weighted by Gasteiger charge is -1.93. The van der Waals surface area contributed by atoms with Crippen LogP contribution >= 0.6 is 0 Å². The van der Waals surface area contributed by atoms with Crippen LogP contribution in [0.1, 0.15) is 21.5 Å². The summed E-state index contributed by atoms with van der Waals surface area (Å²) in [7, 11) is 0. The van der Waals surface area contributed by atoms with Crippen LogP contribution in [0, 0.1) is 11.8 Å². The summed E-state index contributed by atoms with van der Waals surface area (Å²) in [4.78, 5) is 21.5. The van der Waals surface area contributed by atoms with E-state index in [9.17, 15) is 9.59 Å². The predicted octanol–water partition coefficient (Wildman–Crippen LogP) is 0.194. The Morgan fingerprint density at radius 3 is 3.00 bits per heavy atom. The number of primary amides is 1. The van der Waals surface area contributed by atoms with E-state index in [1.54, 1.807) is 18.2 Å². The van der Waals surface area contributed by atoms with E-state index in [4.69, 9.17) is 10.5 Å². The Balaban J connectivity index is 2.36. The standard InChI is InChI=1S/C11H7NO3/c12-10(13)4-2-7-1-3-9-8(5-7)6-15-11(9)14/h1,3,5H,6H2,(H2,12,13). The van der Waals surface area contributed by atoms with Gasteiger partial charge in [0.05, 0.1) is 5.56 Å². The molecule has 0 aliphatic carbocycles. The van der Waals surface area contributed by atoms with Crippen molar-refractivity contribution in [1.82, 2.24) is 0 Å². The number of hydrogen-bond acceptors (Lipinski definition) is 3. The van der Waals surface area contributed by atoms with Crippen molar-refractivity contribution in [1.29, 1.82) is 0 Å². The third kappa shape index (κ3) is 1.81. The van der Waals surface area contributed by atoms with Gasteiger partial charge >= 0.3 is 5.97 Å². The Labute approximate surface area is 86.0 Å². The summed E-state index contributed by atoms with van der Waals surface area (Å²) in [5.41, 5.74) is 6.87. The molecule has 0 unspecified atom stereocenters. The molecular formula is C11H7NO3. The molecule has 1 amide bonds. The maximum atomic E-state index is 11.1. The monoisotopic (exact) mass is 201 g/mol. The van der Waals surface area contributed by atoms with Crippen molar-refractivity contribution in [3.63, 3.8) is 0 Å². The molecule has 0 saturated carbocycles. The summed E-state index contributed by atoms with van der Waals surface area (Å²) in [5, 5.41) is 0. The van der Waals surface area contributed by atoms with E-state index < -0.39 is 5.91 Å². The Morgan fingerprint density at radius 2 is 2.27 bits per heavy atom. The number of carbonyl (C=O) groups is 2. The molecule has 2 rings (SSSR count). The highest BCUT2D eigenvalue weighted by Gasteiger charge is 2.20. The molecule has 0 fully saturated rings. The number of hydrogen-bond donors (Lipinski definition) is 1. The Hall–Kier alpha value is -2.28. The molecule has 1 aliphatic heterocycles. The first-order valence-corrected chi connectivity index (χ1v) is 4.28. The number of benzene rings is 1. The first kappa shape index (κ1) is 9.28. The normalized spacial score (nSPS) is 12.4. The zero-order valence-electron chi connectivity index (χ0n) is 7.74. The number of carbonyl (C=O) groups excluding carboxylic acids is 2. The van der Waals surface area contributed by atoms with Crippen LogP contribution in [0.5, 0.6) is 0 Å². The summed E-state index contributed by atoms with van der Waals surface area (Å²) >= 11 is 0. The summed E-state index contributed by atoms with van der Waals surface area (Å²) in [5.74, 6) is 3.83. The van der Waals surface area contributed by atoms with E-state index >= 15 is 0 Å². The smallest absolute Gasteiger partial charge is 0.338 e. The molecule has 2 N–H and O–H groups in total. The van der Waals surface area contributed by atoms with Crippen molar-refractivity contribution in [2.45, 2.75) is 6.61 Å². The van der Waals surface area contributed by atoms with Crippen LogP contribution in [0.3, 0.4) is 0 Å². The summed E-state index contributed by atoms with van der Waals surface area (Å²) < 4.78 is 4.83. The van der Waals surface area contributed by atoms with Gasteiger partial charge in [-0.05, 0) is 24.1 Å². The third-order valence-corrected chi connectivity index (χ3v) is 2.01. The van der Waals surface area contributed by atoms with Gasteiger partial charge in [0.1, 0.15) is 6.61 Å². The second-order valence-corrected chi connectivity index (χ2v) is 3.06. The number of cyclic esters (lactones) is 1. The van der Waals surface area contributed by atoms with Gasteiger partial charge < -0.3 is 10.5 Å². The van der Waals surface area contributed by atoms with Gasteiger partial charge in [0, 0.05) is 11.1 Å². The zero-order chi connectivity index (χ0) is 10.8. The van der Waals surface area contributed by atoms with E-state index in [1.807, 2.05) is 0 Å². The fourth-order valence-corrected chi connectivity index (χ4v) is 1.34. The van der Waals surface area contributed by atoms with Crippen LogP contribution in [0.2, 0.25) is 0 Å². The summed E-state index contributed by atoms with van der Waals surface area (Å²) in [6.07, 6.45) is 0. The average molecular weight is 201 g/mol. The molecule has 74 valence electrons. The molecule has 0 aromatic heterocycles. The highest BCUT2D eigenvalue weighted by Crippen LogP contribution is 2.20. The maximum Gasteiger partial charge on any atom is 0.338 e. The topological polar surface area (TPSA) is 69.4 Å². The van der Waals surface area contributed by atoms with Crippen molar-refractivity contribution in [3.8, 4) is 11.8 Å². The highest BCUT2D eigenvalue weighted by molar-refractivity contribution is 5.94. The molecule has 0 bridgehead atoms. The minimum Gasteiger partial charge on any atom is -0.457 e. The number of esters is 1. The second kappa shape index (κ2) is 3.46. The lowest BCUT2D eigenvalue weighted by molar-refractivity contribution is -0.112. The number of nitrogens with two attached hydrogens (primary N) is 1. The largest absolute Gasteiger partial charge is 0.457 e. The summed E-state index contributed by atoms with van der Waals surface area (Å²) in [6.45, 7) is 0.264. The van der Waals surface area contributed by atoms with E-state index in [2.05, 4.69) is 11.8 Å². The van der Waals surface area contributed by atoms with Gasteiger partial charge in [0.25, 0.3) is 5.91 Å². The number of rotatable bonds is 0. The number of amides is 1. The minimum atomic E-state index is -0.678. The molecule has 1 aliphatic rings. The van der Waals surface area contributed by atoms with E-state index in [1.165, 1.54) is 0 Å². The zero-order valence-corrected chi connectivity index (χ0v) is 7.74. The fraction of sp³-hybridized carbons (Fsp3) is 0.0909. The first-order valence-electron chi connectivity index (χ1n) is 4.28. The molecule has 0 radical (unpaired) electrons. The van der Waals surface area contributed by atoms with Gasteiger partial charge in [-0.1, -0.05) is 5.92 Å². The molecule has 1 aromatic rings. The lowest BCUT2D eigenvalue weighted by atomic mass is 10.1. The van der Waals surface area contributed by atoms with Crippen LogP contribution < -0.4 is 5.73 Å². The van der Waals surface area contributed by atoms with E-state index in [0.29, 0.717) is 11.1 Å². The Morgan fingerprint density at radius 1 is 1.47 bits per heavy atom. The van der Waals surface area contributed by atoms with Crippen LogP contribution in [0.25, 0.3) is 0 Å². The maximum absolute atomic E-state index is 11.1. The molecule has 1 heterocycles. The molecular weight excluding hydrogens is 194 g/mol. The van der Waals surface area contributed by atoms with E-state index in [0.717, 1.165) is 5.56 Å². The molecule has 1 aromatic carbocycles. The van der Waals surface area contributed by atoms with Crippen molar-refractivity contribution >= 4 is 11.9 Å². The molecule has 0 saturated heterocycles. The second-order valence-electron chi connectivity index (χ2n) is 3.06. The third-order valence-electron chi connectivity index (χ3n) is 2.01. The fourth-order valence-electron chi connectivity index (χ4n) is 1.34. The van der Waals surface area contributed by atoms with Crippen LogP contribution in [-0.4, -0.2) is 11.9 Å². The van der Waals surface area contributed by atoms with Crippen LogP contribution in [-0.2, 0) is 16.1 Å². The van der Waals surface area contributed by atoms with Crippen molar-refractivity contribution in [2.24, 2.45) is 5.73 Å². The van der Waals surface area contributed by atoms with Gasteiger partial charge in [-0.15, -0.1) is 0 Å². The average Bonchev–Trinajstić information content (AvgIpc) is 2.57. The lowest BCUT2D eigenvalue weighted by Crippen LogP contribution is -2.06. The number of fused-ring (bicyclic) bond motifs is 1. The van der Waals surface area contributed by atoms with Gasteiger partial charge in [-0.2, -0.15) is 0 Å². The SMILES string of the molecule is NC(=O)C#Cc1ccc2c(c1)COC2=O. The Kier molecular flexibility index (Phi) is 2.14. The van der Waals surface area contributed by atoms with Crippen molar-refractivity contribution in [3.05, 3.63) is 34.9 Å². The van der Waals surface area contributed by atoms with Crippen molar-refractivity contribution < 1.29 is 14.3 Å². The molecule has 0 spiro atoms. The van der Waals surface area contributed by atoms with Gasteiger partial charge in [-0.3, -0.25) is 4.79 Å². The van der Waals surface area contributed by atoms with Crippen LogP contribution in [0.15, 0.2) is 18.2 Å². The first-order chi connectivity index (χ1) is 7.16. The highest BCUT2D eigenvalue weighted by atomic mass is 16.5. The van der Waals surface area contributed by atoms with Gasteiger partial charge in [0.2, 0.25) is 0 Å². The Bertz CT molecular complexity index is 508. The molecule has 0 atom stereocenters. The molecule has 4 heteroatoms. The number of ether oxygens (including phenoxy) is 1.